The first kappa shape index (κ1) is 22.0. The lowest BCUT2D eigenvalue weighted by Gasteiger charge is -2.06. The van der Waals surface area contributed by atoms with E-state index in [0.717, 1.165) is 27.0 Å². The van der Waals surface area contributed by atoms with Gasteiger partial charge in [0.05, 0.1) is 17.1 Å². The van der Waals surface area contributed by atoms with Crippen molar-refractivity contribution in [2.24, 2.45) is 0 Å². The van der Waals surface area contributed by atoms with Gasteiger partial charge in [-0.2, -0.15) is 5.10 Å². The maximum absolute atomic E-state index is 12.6. The number of hydrogen-bond donors (Lipinski definition) is 2. The first-order valence-corrected chi connectivity index (χ1v) is 11.5. The summed E-state index contributed by atoms with van der Waals surface area (Å²) in [5.41, 5.74) is 3.00. The van der Waals surface area contributed by atoms with E-state index < -0.39 is 0 Å². The van der Waals surface area contributed by atoms with Gasteiger partial charge in [-0.1, -0.05) is 54.1 Å². The van der Waals surface area contributed by atoms with Crippen molar-refractivity contribution < 1.29 is 9.59 Å². The molecule has 0 bridgehead atoms. The van der Waals surface area contributed by atoms with E-state index in [0.29, 0.717) is 23.0 Å². The molecule has 0 atom stereocenters. The fourth-order valence-electron chi connectivity index (χ4n) is 3.36. The van der Waals surface area contributed by atoms with Gasteiger partial charge >= 0.3 is 0 Å². The Kier molecular flexibility index (Phi) is 6.87. The second-order valence-electron chi connectivity index (χ2n) is 7.47. The van der Waals surface area contributed by atoms with E-state index in [1.54, 1.807) is 0 Å². The van der Waals surface area contributed by atoms with Gasteiger partial charge in [0.2, 0.25) is 5.91 Å². The van der Waals surface area contributed by atoms with Crippen LogP contribution in [-0.2, 0) is 17.9 Å². The maximum Gasteiger partial charge on any atom is 0.261 e. The van der Waals surface area contributed by atoms with Crippen molar-refractivity contribution in [3.63, 3.8) is 0 Å². The molecule has 2 amide bonds. The Morgan fingerprint density at radius 1 is 1.03 bits per heavy atom. The van der Waals surface area contributed by atoms with E-state index in [-0.39, 0.29) is 24.8 Å². The van der Waals surface area contributed by atoms with Crippen molar-refractivity contribution in [3.05, 3.63) is 87.4 Å². The van der Waals surface area contributed by atoms with Crippen molar-refractivity contribution in [2.75, 3.05) is 6.54 Å². The summed E-state index contributed by atoms with van der Waals surface area (Å²) in [6.45, 7) is 3.30. The van der Waals surface area contributed by atoms with Crippen molar-refractivity contribution in [1.29, 1.82) is 0 Å². The van der Waals surface area contributed by atoms with Gasteiger partial charge in [0.1, 0.15) is 4.83 Å². The third-order valence-corrected chi connectivity index (χ3v) is 6.45. The number of nitrogens with one attached hydrogen (secondary N) is 2. The molecule has 0 spiro atoms. The highest BCUT2D eigenvalue weighted by Crippen LogP contribution is 2.29. The minimum Gasteiger partial charge on any atom is -0.352 e. The smallest absolute Gasteiger partial charge is 0.261 e. The Morgan fingerprint density at radius 2 is 1.78 bits per heavy atom. The predicted octanol–water partition coefficient (Wildman–Crippen LogP) is 4.54. The molecule has 2 aromatic carbocycles. The van der Waals surface area contributed by atoms with Gasteiger partial charge in [-0.25, -0.2) is 0 Å². The average molecular weight is 467 g/mol. The number of hydrogen-bond acceptors (Lipinski definition) is 4. The summed E-state index contributed by atoms with van der Waals surface area (Å²) >= 11 is 7.37. The second kappa shape index (κ2) is 9.97. The summed E-state index contributed by atoms with van der Waals surface area (Å²) in [5.74, 6) is -0.278. The van der Waals surface area contributed by atoms with Crippen molar-refractivity contribution >= 4 is 45.0 Å². The average Bonchev–Trinajstić information content (AvgIpc) is 3.36. The van der Waals surface area contributed by atoms with Crippen LogP contribution in [0.15, 0.2) is 60.7 Å². The normalized spacial score (nSPS) is 10.9. The van der Waals surface area contributed by atoms with Crippen LogP contribution in [-0.4, -0.2) is 28.1 Å². The molecule has 2 heterocycles. The Morgan fingerprint density at radius 3 is 2.53 bits per heavy atom. The standard InChI is InChI=1S/C24H23ClN4O2S/c1-16-20-13-21(32-24(20)29(28-16)15-18-7-9-19(25)10-8-18)23(31)26-12-11-22(30)27-14-17-5-3-2-4-6-17/h2-10,13H,11-12,14-15H2,1H3,(H,26,31)(H,27,30). The zero-order chi connectivity index (χ0) is 22.5. The molecule has 0 saturated carbocycles. The number of benzene rings is 2. The molecule has 0 fully saturated rings. The number of aromatic nitrogens is 2. The van der Waals surface area contributed by atoms with Crippen LogP contribution >= 0.6 is 22.9 Å². The van der Waals surface area contributed by atoms with Gasteiger partial charge in [-0.3, -0.25) is 14.3 Å². The summed E-state index contributed by atoms with van der Waals surface area (Å²) in [5, 5.41) is 12.0. The Labute approximate surface area is 195 Å². The van der Waals surface area contributed by atoms with Crippen molar-refractivity contribution in [1.82, 2.24) is 20.4 Å². The highest BCUT2D eigenvalue weighted by Gasteiger charge is 2.16. The van der Waals surface area contributed by atoms with Crippen LogP contribution in [0.2, 0.25) is 5.02 Å². The van der Waals surface area contributed by atoms with Gasteiger partial charge < -0.3 is 10.6 Å². The minimum atomic E-state index is -0.181. The summed E-state index contributed by atoms with van der Waals surface area (Å²) in [6.07, 6.45) is 0.229. The monoisotopic (exact) mass is 466 g/mol. The van der Waals surface area contributed by atoms with Crippen molar-refractivity contribution in [2.45, 2.75) is 26.4 Å². The van der Waals surface area contributed by atoms with Gasteiger partial charge in [-0.05, 0) is 36.2 Å². The third-order valence-electron chi connectivity index (χ3n) is 5.05. The molecule has 4 aromatic rings. The van der Waals surface area contributed by atoms with Crippen LogP contribution in [0.3, 0.4) is 0 Å². The van der Waals surface area contributed by atoms with E-state index >= 15 is 0 Å². The number of nitrogens with zero attached hydrogens (tertiary/aromatic N) is 2. The SMILES string of the molecule is Cc1nn(Cc2ccc(Cl)cc2)c2sc(C(=O)NCCC(=O)NCc3ccccc3)cc12. The van der Waals surface area contributed by atoms with E-state index in [4.69, 9.17) is 11.6 Å². The largest absolute Gasteiger partial charge is 0.352 e. The molecule has 2 aromatic heterocycles. The van der Waals surface area contributed by atoms with Crippen LogP contribution in [0, 0.1) is 6.92 Å². The lowest BCUT2D eigenvalue weighted by Crippen LogP contribution is -2.30. The molecular formula is C24H23ClN4O2S. The molecule has 32 heavy (non-hydrogen) atoms. The molecule has 0 aliphatic heterocycles. The topological polar surface area (TPSA) is 76.0 Å². The number of aryl methyl sites for hydroxylation is 1. The van der Waals surface area contributed by atoms with E-state index in [1.807, 2.05) is 72.3 Å². The molecule has 0 saturated heterocycles. The summed E-state index contributed by atoms with van der Waals surface area (Å²) < 4.78 is 1.91. The molecule has 0 unspecified atom stereocenters. The molecule has 0 aliphatic carbocycles. The van der Waals surface area contributed by atoms with E-state index in [2.05, 4.69) is 15.7 Å². The molecular weight excluding hydrogens is 444 g/mol. The highest BCUT2D eigenvalue weighted by molar-refractivity contribution is 7.20. The van der Waals surface area contributed by atoms with E-state index in [1.165, 1.54) is 11.3 Å². The van der Waals surface area contributed by atoms with Gasteiger partial charge in [0.15, 0.2) is 0 Å². The van der Waals surface area contributed by atoms with Gasteiger partial charge in [0.25, 0.3) is 5.91 Å². The fraction of sp³-hybridized carbons (Fsp3) is 0.208. The Hall–Kier alpha value is -3.16. The zero-order valence-corrected chi connectivity index (χ0v) is 19.2. The van der Waals surface area contributed by atoms with Crippen molar-refractivity contribution in [3.8, 4) is 0 Å². The summed E-state index contributed by atoms with van der Waals surface area (Å²) in [4.78, 5) is 26.2. The van der Waals surface area contributed by atoms with Crippen LogP contribution in [0.4, 0.5) is 0 Å². The molecule has 2 N–H and O–H groups in total. The lowest BCUT2D eigenvalue weighted by molar-refractivity contribution is -0.121. The molecule has 6 nitrogen and oxygen atoms in total. The first-order valence-electron chi connectivity index (χ1n) is 10.3. The van der Waals surface area contributed by atoms with Crippen LogP contribution < -0.4 is 10.6 Å². The third kappa shape index (κ3) is 5.36. The number of thiophene rings is 1. The molecule has 0 aliphatic rings. The fourth-order valence-corrected chi connectivity index (χ4v) is 4.56. The molecule has 8 heteroatoms. The molecule has 4 rings (SSSR count). The highest BCUT2D eigenvalue weighted by atomic mass is 35.5. The Balaban J connectivity index is 1.33. The lowest BCUT2D eigenvalue weighted by atomic mass is 10.2. The molecule has 164 valence electrons. The number of carbonyl (C=O) groups excluding carboxylic acids is 2. The van der Waals surface area contributed by atoms with Crippen LogP contribution in [0.1, 0.15) is 32.9 Å². The summed E-state index contributed by atoms with van der Waals surface area (Å²) in [6, 6.07) is 19.2. The van der Waals surface area contributed by atoms with Gasteiger partial charge in [-0.15, -0.1) is 11.3 Å². The number of rotatable bonds is 8. The molecule has 0 radical (unpaired) electrons. The van der Waals surface area contributed by atoms with Crippen LogP contribution in [0.25, 0.3) is 10.2 Å². The number of halogens is 1. The van der Waals surface area contributed by atoms with E-state index in [9.17, 15) is 9.59 Å². The second-order valence-corrected chi connectivity index (χ2v) is 8.93. The Bertz CT molecular complexity index is 1230. The quantitative estimate of drug-likeness (QED) is 0.400. The van der Waals surface area contributed by atoms with Gasteiger partial charge in [0, 0.05) is 29.9 Å². The minimum absolute atomic E-state index is 0.0973. The zero-order valence-electron chi connectivity index (χ0n) is 17.6. The number of fused-ring (bicyclic) bond motifs is 1. The van der Waals surface area contributed by atoms with Crippen LogP contribution in [0.5, 0.6) is 0 Å². The first-order chi connectivity index (χ1) is 15.5. The maximum atomic E-state index is 12.6. The number of carbonyl (C=O) groups is 2. The number of amides is 2. The predicted molar refractivity (Wildman–Crippen MR) is 128 cm³/mol. The summed E-state index contributed by atoms with van der Waals surface area (Å²) in [7, 11) is 0.